The Morgan fingerprint density at radius 3 is 2.00 bits per heavy atom. The molecule has 0 amide bonds. The van der Waals surface area contributed by atoms with Gasteiger partial charge in [0, 0.05) is 14.2 Å². The second kappa shape index (κ2) is 4.43. The van der Waals surface area contributed by atoms with E-state index < -0.39 is 20.8 Å². The monoisotopic (exact) mass is 164 g/mol. The summed E-state index contributed by atoms with van der Waals surface area (Å²) in [6.07, 6.45) is 0. The van der Waals surface area contributed by atoms with Gasteiger partial charge in [-0.05, 0) is 0 Å². The van der Waals surface area contributed by atoms with Crippen molar-refractivity contribution in [1.29, 1.82) is 0 Å². The van der Waals surface area contributed by atoms with Crippen LogP contribution in [0.2, 0.25) is 5.54 Å². The summed E-state index contributed by atoms with van der Waals surface area (Å²) in [6.45, 7) is 1.59. The lowest BCUT2D eigenvalue weighted by atomic mass is 10.5. The third-order valence-electron chi connectivity index (χ3n) is 1.26. The van der Waals surface area contributed by atoms with E-state index in [4.69, 9.17) is 14.0 Å². The fourth-order valence-corrected chi connectivity index (χ4v) is 1.86. The third kappa shape index (κ3) is 2.46. The number of rotatable bonds is 4. The molecule has 0 aromatic carbocycles. The van der Waals surface area contributed by atoms with E-state index in [-0.39, 0.29) is 0 Å². The zero-order chi connectivity index (χ0) is 8.15. The lowest BCUT2D eigenvalue weighted by molar-refractivity contribution is -0.137. The van der Waals surface area contributed by atoms with E-state index in [1.54, 1.807) is 6.92 Å². The van der Waals surface area contributed by atoms with E-state index >= 15 is 0 Å². The molecule has 1 unspecified atom stereocenters. The standard InChI is InChI=1S/C5H12O4Si/c1-4(5(6)7)10(8-2)9-3/h4,10H,1-3H3,(H,6,7). The van der Waals surface area contributed by atoms with E-state index in [9.17, 15) is 4.79 Å². The summed E-state index contributed by atoms with van der Waals surface area (Å²) in [7, 11) is 1.00. The van der Waals surface area contributed by atoms with Crippen LogP contribution < -0.4 is 0 Å². The van der Waals surface area contributed by atoms with Crippen molar-refractivity contribution in [3.63, 3.8) is 0 Å². The lowest BCUT2D eigenvalue weighted by Crippen LogP contribution is -2.29. The quantitative estimate of drug-likeness (QED) is 0.593. The minimum absolute atomic E-state index is 0.491. The molecule has 0 radical (unpaired) electrons. The van der Waals surface area contributed by atoms with Gasteiger partial charge in [0.25, 0.3) is 0 Å². The average Bonchev–Trinajstić information content (AvgIpc) is 1.90. The Bertz CT molecular complexity index is 112. The molecule has 0 saturated heterocycles. The summed E-state index contributed by atoms with van der Waals surface area (Å²) >= 11 is 0. The van der Waals surface area contributed by atoms with E-state index in [2.05, 4.69) is 0 Å². The summed E-state index contributed by atoms with van der Waals surface area (Å²) in [5, 5.41) is 8.49. The maximum Gasteiger partial charge on any atom is 0.335 e. The van der Waals surface area contributed by atoms with Gasteiger partial charge in [0.05, 0.1) is 5.54 Å². The highest BCUT2D eigenvalue weighted by molar-refractivity contribution is 6.51. The van der Waals surface area contributed by atoms with Gasteiger partial charge >= 0.3 is 15.3 Å². The molecule has 1 atom stereocenters. The van der Waals surface area contributed by atoms with Crippen LogP contribution in [-0.4, -0.2) is 34.6 Å². The van der Waals surface area contributed by atoms with Gasteiger partial charge in [-0.3, -0.25) is 4.79 Å². The van der Waals surface area contributed by atoms with Crippen molar-refractivity contribution in [3.05, 3.63) is 0 Å². The van der Waals surface area contributed by atoms with Crippen molar-refractivity contribution in [3.8, 4) is 0 Å². The molecular weight excluding hydrogens is 152 g/mol. The minimum Gasteiger partial charge on any atom is -0.481 e. The summed E-state index contributed by atoms with van der Waals surface area (Å²) in [4.78, 5) is 10.3. The molecule has 0 heterocycles. The Hall–Kier alpha value is -0.393. The van der Waals surface area contributed by atoms with Gasteiger partial charge in [-0.25, -0.2) is 0 Å². The van der Waals surface area contributed by atoms with Crippen LogP contribution in [0.4, 0.5) is 0 Å². The normalized spacial score (nSPS) is 13.6. The molecule has 0 rings (SSSR count). The Morgan fingerprint density at radius 2 is 1.90 bits per heavy atom. The molecule has 60 valence electrons. The SMILES string of the molecule is CO[SiH](OC)C(C)C(=O)O. The molecule has 10 heavy (non-hydrogen) atoms. The van der Waals surface area contributed by atoms with Crippen LogP contribution in [-0.2, 0) is 13.6 Å². The molecular formula is C5H12O4Si. The third-order valence-corrected chi connectivity index (χ3v) is 3.29. The smallest absolute Gasteiger partial charge is 0.335 e. The Kier molecular flexibility index (Phi) is 4.25. The molecule has 0 saturated carbocycles. The van der Waals surface area contributed by atoms with Gasteiger partial charge in [-0.2, -0.15) is 0 Å². The topological polar surface area (TPSA) is 55.8 Å². The fraction of sp³-hybridized carbons (Fsp3) is 0.800. The molecule has 1 N–H and O–H groups in total. The van der Waals surface area contributed by atoms with Crippen molar-refractivity contribution in [2.24, 2.45) is 0 Å². The predicted molar refractivity (Wildman–Crippen MR) is 38.2 cm³/mol. The number of hydrogen-bond acceptors (Lipinski definition) is 3. The van der Waals surface area contributed by atoms with Crippen molar-refractivity contribution in [1.82, 2.24) is 0 Å². The van der Waals surface area contributed by atoms with Gasteiger partial charge in [0.1, 0.15) is 0 Å². The molecule has 0 aromatic rings. The predicted octanol–water partition coefficient (Wildman–Crippen LogP) is -0.0256. The molecule has 5 heteroatoms. The van der Waals surface area contributed by atoms with E-state index in [1.807, 2.05) is 0 Å². The van der Waals surface area contributed by atoms with Crippen LogP contribution >= 0.6 is 0 Å². The zero-order valence-corrected chi connectivity index (χ0v) is 7.48. The highest BCUT2D eigenvalue weighted by atomic mass is 28.3. The molecule has 4 nitrogen and oxygen atoms in total. The first-order chi connectivity index (χ1) is 4.63. The number of carbonyl (C=O) groups is 1. The van der Waals surface area contributed by atoms with Crippen molar-refractivity contribution in [2.45, 2.75) is 12.5 Å². The van der Waals surface area contributed by atoms with Crippen molar-refractivity contribution in [2.75, 3.05) is 14.2 Å². The lowest BCUT2D eigenvalue weighted by Gasteiger charge is -2.13. The summed E-state index contributed by atoms with van der Waals surface area (Å²) in [5.74, 6) is -0.861. The molecule has 0 bridgehead atoms. The molecule has 0 aromatic heterocycles. The second-order valence-corrected chi connectivity index (χ2v) is 4.65. The zero-order valence-electron chi connectivity index (χ0n) is 6.33. The van der Waals surface area contributed by atoms with E-state index in [1.165, 1.54) is 14.2 Å². The summed E-state index contributed by atoms with van der Waals surface area (Å²) in [5.41, 5.74) is -0.491. The van der Waals surface area contributed by atoms with Crippen molar-refractivity contribution < 1.29 is 18.8 Å². The first-order valence-corrected chi connectivity index (χ1v) is 4.52. The van der Waals surface area contributed by atoms with Crippen LogP contribution in [0, 0.1) is 0 Å². The Labute approximate surface area is 61.6 Å². The van der Waals surface area contributed by atoms with Crippen LogP contribution in [0.15, 0.2) is 0 Å². The Balaban J connectivity index is 3.88. The molecule has 0 fully saturated rings. The van der Waals surface area contributed by atoms with Crippen LogP contribution in [0.25, 0.3) is 0 Å². The van der Waals surface area contributed by atoms with Gasteiger partial charge in [0.15, 0.2) is 0 Å². The van der Waals surface area contributed by atoms with Crippen LogP contribution in [0.5, 0.6) is 0 Å². The van der Waals surface area contributed by atoms with Crippen LogP contribution in [0.3, 0.4) is 0 Å². The molecule has 0 spiro atoms. The molecule has 0 aliphatic carbocycles. The maximum atomic E-state index is 10.3. The van der Waals surface area contributed by atoms with E-state index in [0.717, 1.165) is 0 Å². The van der Waals surface area contributed by atoms with Gasteiger partial charge in [-0.15, -0.1) is 0 Å². The Morgan fingerprint density at radius 1 is 1.50 bits per heavy atom. The van der Waals surface area contributed by atoms with Gasteiger partial charge in [0.2, 0.25) is 0 Å². The molecule has 0 aliphatic heterocycles. The number of carboxylic acid groups (broad SMARTS) is 1. The largest absolute Gasteiger partial charge is 0.481 e. The number of carboxylic acids is 1. The van der Waals surface area contributed by atoms with Gasteiger partial charge < -0.3 is 14.0 Å². The first kappa shape index (κ1) is 9.61. The highest BCUT2D eigenvalue weighted by Crippen LogP contribution is 2.09. The average molecular weight is 164 g/mol. The summed E-state index contributed by atoms with van der Waals surface area (Å²) in [6, 6.07) is 0. The van der Waals surface area contributed by atoms with Gasteiger partial charge in [-0.1, -0.05) is 6.92 Å². The second-order valence-electron chi connectivity index (χ2n) is 1.97. The summed E-state index contributed by atoms with van der Waals surface area (Å²) < 4.78 is 9.72. The first-order valence-electron chi connectivity index (χ1n) is 2.91. The minimum atomic E-state index is -1.94. The fourth-order valence-electron chi connectivity index (χ4n) is 0.621. The van der Waals surface area contributed by atoms with Crippen LogP contribution in [0.1, 0.15) is 6.92 Å². The molecule has 0 aliphatic rings. The maximum absolute atomic E-state index is 10.3. The van der Waals surface area contributed by atoms with E-state index in [0.29, 0.717) is 0 Å². The highest BCUT2D eigenvalue weighted by Gasteiger charge is 2.25. The van der Waals surface area contributed by atoms with Crippen molar-refractivity contribution >= 4 is 15.3 Å². The number of aliphatic carboxylic acids is 1. The number of hydrogen-bond donors (Lipinski definition) is 1.